The first-order valence-electron chi connectivity index (χ1n) is 7.63. The van der Waals surface area contributed by atoms with Crippen molar-refractivity contribution in [3.8, 4) is 5.69 Å². The average molecular weight is 331 g/mol. The van der Waals surface area contributed by atoms with E-state index in [1.165, 1.54) is 21.7 Å². The molecule has 0 atom stereocenters. The molecule has 0 saturated carbocycles. The number of carbonyl (C=O) groups excluding carboxylic acids is 2. The standard InChI is InChI=1S/C16H18FN5O2/c1-5-20-15(24)21(14(23)16(20,3)4)13-10(2)22(19-18-13)12-8-6-11(17)7-9-12/h6-9H,5H2,1-4H3. The maximum atomic E-state index is 13.1. The van der Waals surface area contributed by atoms with Crippen LogP contribution in [0, 0.1) is 12.7 Å². The number of anilines is 1. The molecular weight excluding hydrogens is 313 g/mol. The van der Waals surface area contributed by atoms with Gasteiger partial charge in [-0.3, -0.25) is 4.79 Å². The second kappa shape index (κ2) is 5.40. The van der Waals surface area contributed by atoms with Gasteiger partial charge < -0.3 is 4.90 Å². The lowest BCUT2D eigenvalue weighted by Crippen LogP contribution is -2.43. The summed E-state index contributed by atoms with van der Waals surface area (Å²) in [6, 6.07) is 5.31. The van der Waals surface area contributed by atoms with Gasteiger partial charge in [-0.05, 0) is 52.0 Å². The lowest BCUT2D eigenvalue weighted by Gasteiger charge is -2.25. The monoisotopic (exact) mass is 331 g/mol. The molecule has 1 aliphatic heterocycles. The zero-order valence-electron chi connectivity index (χ0n) is 13.9. The molecule has 1 fully saturated rings. The Morgan fingerprint density at radius 2 is 1.79 bits per heavy atom. The Hall–Kier alpha value is -2.77. The van der Waals surface area contributed by atoms with Crippen molar-refractivity contribution in [1.82, 2.24) is 19.9 Å². The molecule has 0 radical (unpaired) electrons. The van der Waals surface area contributed by atoms with Crippen LogP contribution in [0.3, 0.4) is 0 Å². The SMILES string of the molecule is CCN1C(=O)N(c2nnn(-c3ccc(F)cc3)c2C)C(=O)C1(C)C. The van der Waals surface area contributed by atoms with E-state index in [0.29, 0.717) is 17.9 Å². The van der Waals surface area contributed by atoms with Crippen LogP contribution in [-0.2, 0) is 4.79 Å². The topological polar surface area (TPSA) is 71.3 Å². The molecule has 24 heavy (non-hydrogen) atoms. The summed E-state index contributed by atoms with van der Waals surface area (Å²) in [5, 5.41) is 8.02. The van der Waals surface area contributed by atoms with Gasteiger partial charge in [0.1, 0.15) is 11.4 Å². The maximum absolute atomic E-state index is 13.1. The highest BCUT2D eigenvalue weighted by Crippen LogP contribution is 2.32. The van der Waals surface area contributed by atoms with Gasteiger partial charge >= 0.3 is 6.03 Å². The minimum atomic E-state index is -0.933. The van der Waals surface area contributed by atoms with Crippen molar-refractivity contribution in [2.24, 2.45) is 0 Å². The molecule has 3 amide bonds. The second-order valence-corrected chi connectivity index (χ2v) is 6.11. The van der Waals surface area contributed by atoms with Crippen molar-refractivity contribution in [2.75, 3.05) is 11.4 Å². The zero-order valence-corrected chi connectivity index (χ0v) is 13.9. The average Bonchev–Trinajstić information content (AvgIpc) is 2.97. The molecule has 0 aliphatic carbocycles. The summed E-state index contributed by atoms with van der Waals surface area (Å²) < 4.78 is 14.5. The fourth-order valence-electron chi connectivity index (χ4n) is 2.91. The Morgan fingerprint density at radius 1 is 1.17 bits per heavy atom. The van der Waals surface area contributed by atoms with Gasteiger partial charge in [-0.15, -0.1) is 5.10 Å². The first-order chi connectivity index (χ1) is 11.3. The molecule has 1 aromatic heterocycles. The number of rotatable bonds is 3. The van der Waals surface area contributed by atoms with Crippen LogP contribution in [0.5, 0.6) is 0 Å². The van der Waals surface area contributed by atoms with Crippen LogP contribution in [0.25, 0.3) is 5.69 Å². The summed E-state index contributed by atoms with van der Waals surface area (Å²) in [4.78, 5) is 27.8. The normalized spacial score (nSPS) is 17.0. The largest absolute Gasteiger partial charge is 0.333 e. The number of urea groups is 1. The third-order valence-corrected chi connectivity index (χ3v) is 4.29. The van der Waals surface area contributed by atoms with E-state index in [2.05, 4.69) is 10.3 Å². The van der Waals surface area contributed by atoms with Gasteiger partial charge in [-0.2, -0.15) is 0 Å². The smallest absolute Gasteiger partial charge is 0.310 e. The zero-order chi connectivity index (χ0) is 17.6. The van der Waals surface area contributed by atoms with Crippen LogP contribution in [0.4, 0.5) is 15.0 Å². The van der Waals surface area contributed by atoms with E-state index in [-0.39, 0.29) is 17.5 Å². The third kappa shape index (κ3) is 2.17. The molecule has 0 N–H and O–H groups in total. The molecule has 2 heterocycles. The molecule has 1 saturated heterocycles. The first kappa shape index (κ1) is 16.1. The van der Waals surface area contributed by atoms with Gasteiger partial charge in [0.15, 0.2) is 5.82 Å². The fraction of sp³-hybridized carbons (Fsp3) is 0.375. The van der Waals surface area contributed by atoms with Gasteiger partial charge in [0.25, 0.3) is 5.91 Å². The van der Waals surface area contributed by atoms with Crippen molar-refractivity contribution >= 4 is 17.8 Å². The Kier molecular flexibility index (Phi) is 3.62. The van der Waals surface area contributed by atoms with Crippen LogP contribution in [0.1, 0.15) is 26.5 Å². The molecule has 3 rings (SSSR count). The number of likely N-dealkylation sites (N-methyl/N-ethyl adjacent to an activating group) is 1. The first-order valence-corrected chi connectivity index (χ1v) is 7.63. The van der Waals surface area contributed by atoms with Gasteiger partial charge in [-0.1, -0.05) is 5.21 Å². The number of carbonyl (C=O) groups is 2. The maximum Gasteiger partial charge on any atom is 0.333 e. The Labute approximate surface area is 138 Å². The van der Waals surface area contributed by atoms with Gasteiger partial charge in [0.2, 0.25) is 0 Å². The van der Waals surface area contributed by atoms with Crippen molar-refractivity contribution in [1.29, 1.82) is 0 Å². The van der Waals surface area contributed by atoms with Crippen LogP contribution in [0.15, 0.2) is 24.3 Å². The highest BCUT2D eigenvalue weighted by Gasteiger charge is 2.52. The number of benzene rings is 1. The van der Waals surface area contributed by atoms with Crippen molar-refractivity contribution in [3.05, 3.63) is 35.8 Å². The van der Waals surface area contributed by atoms with E-state index >= 15 is 0 Å². The lowest BCUT2D eigenvalue weighted by atomic mass is 10.0. The van der Waals surface area contributed by atoms with Crippen LogP contribution >= 0.6 is 0 Å². The summed E-state index contributed by atoms with van der Waals surface area (Å²) in [5.41, 5.74) is 0.188. The fourth-order valence-corrected chi connectivity index (χ4v) is 2.91. The summed E-state index contributed by atoms with van der Waals surface area (Å²) in [5.74, 6) is -0.510. The summed E-state index contributed by atoms with van der Waals surface area (Å²) >= 11 is 0. The second-order valence-electron chi connectivity index (χ2n) is 6.11. The van der Waals surface area contributed by atoms with Crippen molar-refractivity contribution in [3.63, 3.8) is 0 Å². The quantitative estimate of drug-likeness (QED) is 0.809. The van der Waals surface area contributed by atoms with E-state index in [1.54, 1.807) is 32.9 Å². The number of imide groups is 1. The summed E-state index contributed by atoms with van der Waals surface area (Å²) in [7, 11) is 0. The molecule has 2 aromatic rings. The molecule has 1 aliphatic rings. The number of hydrogen-bond acceptors (Lipinski definition) is 4. The van der Waals surface area contributed by atoms with E-state index in [0.717, 1.165) is 4.90 Å². The highest BCUT2D eigenvalue weighted by atomic mass is 19.1. The lowest BCUT2D eigenvalue weighted by molar-refractivity contribution is -0.123. The predicted octanol–water partition coefficient (Wildman–Crippen LogP) is 2.28. The predicted molar refractivity (Wildman–Crippen MR) is 85.4 cm³/mol. The van der Waals surface area contributed by atoms with E-state index < -0.39 is 11.6 Å². The van der Waals surface area contributed by atoms with Crippen LogP contribution < -0.4 is 4.90 Å². The number of amides is 3. The molecule has 126 valence electrons. The van der Waals surface area contributed by atoms with Crippen molar-refractivity contribution < 1.29 is 14.0 Å². The molecule has 7 nitrogen and oxygen atoms in total. The van der Waals surface area contributed by atoms with Crippen LogP contribution in [0.2, 0.25) is 0 Å². The van der Waals surface area contributed by atoms with Gasteiger partial charge in [0.05, 0.1) is 11.4 Å². The number of nitrogens with zero attached hydrogens (tertiary/aromatic N) is 5. The molecule has 1 aromatic carbocycles. The van der Waals surface area contributed by atoms with E-state index in [4.69, 9.17) is 0 Å². The van der Waals surface area contributed by atoms with Crippen molar-refractivity contribution in [2.45, 2.75) is 33.2 Å². The van der Waals surface area contributed by atoms with E-state index in [9.17, 15) is 14.0 Å². The minimum absolute atomic E-state index is 0.193. The molecular formula is C16H18FN5O2. The Morgan fingerprint density at radius 3 is 2.33 bits per heavy atom. The number of halogens is 1. The third-order valence-electron chi connectivity index (χ3n) is 4.29. The summed E-state index contributed by atoms with van der Waals surface area (Å²) in [6.45, 7) is 7.35. The van der Waals surface area contributed by atoms with Gasteiger partial charge in [-0.25, -0.2) is 18.8 Å². The minimum Gasteiger partial charge on any atom is -0.310 e. The molecule has 0 unspecified atom stereocenters. The van der Waals surface area contributed by atoms with E-state index in [1.807, 2.05) is 6.92 Å². The molecule has 0 bridgehead atoms. The molecule has 8 heteroatoms. The molecule has 0 spiro atoms. The Bertz CT molecular complexity index is 812. The summed E-state index contributed by atoms with van der Waals surface area (Å²) in [6.07, 6.45) is 0. The number of hydrogen-bond donors (Lipinski definition) is 0. The van der Waals surface area contributed by atoms with Crippen LogP contribution in [-0.4, -0.2) is 43.9 Å². The number of aromatic nitrogens is 3. The Balaban J connectivity index is 2.04. The van der Waals surface area contributed by atoms with Gasteiger partial charge in [0, 0.05) is 6.54 Å². The highest BCUT2D eigenvalue weighted by molar-refractivity contribution is 6.22.